The largest absolute Gasteiger partial charge is 0.340 e. The Morgan fingerprint density at radius 3 is 2.52 bits per heavy atom. The minimum atomic E-state index is 0.0964. The molecule has 1 saturated carbocycles. The van der Waals surface area contributed by atoms with Gasteiger partial charge in [0.15, 0.2) is 0 Å². The molecule has 5 nitrogen and oxygen atoms in total. The summed E-state index contributed by atoms with van der Waals surface area (Å²) >= 11 is 0. The van der Waals surface area contributed by atoms with Crippen LogP contribution in [0.25, 0.3) is 0 Å². The van der Waals surface area contributed by atoms with Gasteiger partial charge < -0.3 is 10.6 Å². The van der Waals surface area contributed by atoms with Crippen LogP contribution in [0.3, 0.4) is 0 Å². The Morgan fingerprint density at radius 2 is 1.86 bits per heavy atom. The van der Waals surface area contributed by atoms with Gasteiger partial charge in [0.25, 0.3) is 0 Å². The van der Waals surface area contributed by atoms with E-state index in [0.29, 0.717) is 11.5 Å². The predicted molar refractivity (Wildman–Crippen MR) is 80.0 cm³/mol. The van der Waals surface area contributed by atoms with Crippen molar-refractivity contribution in [1.29, 1.82) is 5.26 Å². The Labute approximate surface area is 122 Å². The first-order chi connectivity index (χ1) is 10.2. The Kier molecular flexibility index (Phi) is 3.52. The van der Waals surface area contributed by atoms with Gasteiger partial charge in [0.1, 0.15) is 17.6 Å². The van der Waals surface area contributed by atoms with Gasteiger partial charge in [-0.25, -0.2) is 4.98 Å². The molecule has 1 aliphatic rings. The quantitative estimate of drug-likeness (QED) is 0.901. The number of rotatable bonds is 4. The molecular weight excluding hydrogens is 264 g/mol. The van der Waals surface area contributed by atoms with Crippen LogP contribution in [0.2, 0.25) is 0 Å². The summed E-state index contributed by atoms with van der Waals surface area (Å²) in [5.41, 5.74) is 2.01. The number of nitriles is 1. The van der Waals surface area contributed by atoms with Gasteiger partial charge in [-0.15, -0.1) is 0 Å². The average Bonchev–Trinajstić information content (AvgIpc) is 3.34. The summed E-state index contributed by atoms with van der Waals surface area (Å²) in [6, 6.07) is 14.6. The topological polar surface area (TPSA) is 77.8 Å². The van der Waals surface area contributed by atoms with Crippen LogP contribution in [0.5, 0.6) is 0 Å². The molecule has 2 aromatic rings. The SMILES string of the molecule is N#Cc1cccc(Nc2ccc(NC(=O)C3CC3)cc2)n1. The van der Waals surface area contributed by atoms with Crippen molar-refractivity contribution in [1.82, 2.24) is 4.98 Å². The van der Waals surface area contributed by atoms with Crippen LogP contribution in [0, 0.1) is 17.2 Å². The van der Waals surface area contributed by atoms with E-state index in [4.69, 9.17) is 5.26 Å². The summed E-state index contributed by atoms with van der Waals surface area (Å²) in [5.74, 6) is 0.906. The molecule has 2 N–H and O–H groups in total. The number of carbonyl (C=O) groups excluding carboxylic acids is 1. The van der Waals surface area contributed by atoms with E-state index in [9.17, 15) is 4.79 Å². The van der Waals surface area contributed by atoms with Gasteiger partial charge in [-0.2, -0.15) is 5.26 Å². The fourth-order valence-corrected chi connectivity index (χ4v) is 1.94. The number of amides is 1. The predicted octanol–water partition coefficient (Wildman–Crippen LogP) is 3.05. The molecule has 1 fully saturated rings. The van der Waals surface area contributed by atoms with Crippen LogP contribution in [-0.2, 0) is 4.79 Å². The minimum Gasteiger partial charge on any atom is -0.340 e. The molecule has 0 radical (unpaired) electrons. The first kappa shape index (κ1) is 13.1. The number of benzene rings is 1. The van der Waals surface area contributed by atoms with Crippen molar-refractivity contribution in [3.8, 4) is 6.07 Å². The second kappa shape index (κ2) is 5.63. The Bertz CT molecular complexity index is 699. The Hall–Kier alpha value is -2.87. The van der Waals surface area contributed by atoms with Crippen LogP contribution in [-0.4, -0.2) is 10.9 Å². The smallest absolute Gasteiger partial charge is 0.227 e. The summed E-state index contributed by atoms with van der Waals surface area (Å²) < 4.78 is 0. The third-order valence-corrected chi connectivity index (χ3v) is 3.24. The highest BCUT2D eigenvalue weighted by Gasteiger charge is 2.29. The van der Waals surface area contributed by atoms with E-state index in [2.05, 4.69) is 15.6 Å². The van der Waals surface area contributed by atoms with Gasteiger partial charge in [0.2, 0.25) is 5.91 Å². The summed E-state index contributed by atoms with van der Waals surface area (Å²) in [4.78, 5) is 15.8. The second-order valence-electron chi connectivity index (χ2n) is 4.99. The van der Waals surface area contributed by atoms with Crippen molar-refractivity contribution >= 4 is 23.1 Å². The van der Waals surface area contributed by atoms with Crippen LogP contribution in [0.15, 0.2) is 42.5 Å². The van der Waals surface area contributed by atoms with Gasteiger partial charge in [-0.3, -0.25) is 4.79 Å². The van der Waals surface area contributed by atoms with E-state index in [1.807, 2.05) is 30.3 Å². The molecule has 5 heteroatoms. The molecule has 1 aliphatic carbocycles. The number of anilines is 3. The third-order valence-electron chi connectivity index (χ3n) is 3.24. The van der Waals surface area contributed by atoms with Crippen LogP contribution in [0.1, 0.15) is 18.5 Å². The highest BCUT2D eigenvalue weighted by atomic mass is 16.2. The summed E-state index contributed by atoms with van der Waals surface area (Å²) in [6.45, 7) is 0. The molecule has 104 valence electrons. The third kappa shape index (κ3) is 3.37. The number of nitrogens with zero attached hydrogens (tertiary/aromatic N) is 2. The molecule has 0 spiro atoms. The number of nitrogens with one attached hydrogen (secondary N) is 2. The highest BCUT2D eigenvalue weighted by Crippen LogP contribution is 2.30. The number of carbonyl (C=O) groups is 1. The van der Waals surface area contributed by atoms with E-state index in [1.54, 1.807) is 18.2 Å². The highest BCUT2D eigenvalue weighted by molar-refractivity contribution is 5.94. The van der Waals surface area contributed by atoms with Gasteiger partial charge in [0.05, 0.1) is 0 Å². The molecule has 1 amide bonds. The fourth-order valence-electron chi connectivity index (χ4n) is 1.94. The molecule has 0 saturated heterocycles. The average molecular weight is 278 g/mol. The van der Waals surface area contributed by atoms with Gasteiger partial charge in [0, 0.05) is 17.3 Å². The van der Waals surface area contributed by atoms with E-state index >= 15 is 0 Å². The number of hydrogen-bond acceptors (Lipinski definition) is 4. The molecule has 1 heterocycles. The van der Waals surface area contributed by atoms with Crippen molar-refractivity contribution in [2.75, 3.05) is 10.6 Å². The molecule has 0 aliphatic heterocycles. The van der Waals surface area contributed by atoms with Gasteiger partial charge >= 0.3 is 0 Å². The van der Waals surface area contributed by atoms with Gasteiger partial charge in [-0.1, -0.05) is 6.07 Å². The lowest BCUT2D eigenvalue weighted by atomic mass is 10.2. The molecule has 0 bridgehead atoms. The molecule has 1 aromatic carbocycles. The first-order valence-corrected chi connectivity index (χ1v) is 6.80. The molecular formula is C16H14N4O. The first-order valence-electron chi connectivity index (χ1n) is 6.80. The van der Waals surface area contributed by atoms with E-state index in [-0.39, 0.29) is 11.8 Å². The molecule has 0 atom stereocenters. The second-order valence-corrected chi connectivity index (χ2v) is 4.99. The maximum Gasteiger partial charge on any atom is 0.227 e. The maximum absolute atomic E-state index is 11.7. The minimum absolute atomic E-state index is 0.0964. The van der Waals surface area contributed by atoms with Crippen molar-refractivity contribution < 1.29 is 4.79 Å². The number of pyridine rings is 1. The molecule has 0 unspecified atom stereocenters. The Balaban J connectivity index is 1.66. The normalized spacial score (nSPS) is 13.3. The summed E-state index contributed by atoms with van der Waals surface area (Å²) in [7, 11) is 0. The fraction of sp³-hybridized carbons (Fsp3) is 0.188. The maximum atomic E-state index is 11.7. The Morgan fingerprint density at radius 1 is 1.14 bits per heavy atom. The lowest BCUT2D eigenvalue weighted by Gasteiger charge is -2.08. The van der Waals surface area contributed by atoms with Crippen molar-refractivity contribution in [3.63, 3.8) is 0 Å². The van der Waals surface area contributed by atoms with E-state index < -0.39 is 0 Å². The van der Waals surface area contributed by atoms with Gasteiger partial charge in [-0.05, 0) is 49.2 Å². The van der Waals surface area contributed by atoms with E-state index in [0.717, 1.165) is 24.2 Å². The molecule has 3 rings (SSSR count). The standard InChI is InChI=1S/C16H14N4O/c17-10-14-2-1-3-15(19-14)18-12-6-8-13(9-7-12)20-16(21)11-4-5-11/h1-3,6-9,11H,4-5H2,(H,18,19)(H,20,21). The lowest BCUT2D eigenvalue weighted by molar-refractivity contribution is -0.117. The monoisotopic (exact) mass is 278 g/mol. The van der Waals surface area contributed by atoms with Crippen LogP contribution in [0.4, 0.5) is 17.2 Å². The van der Waals surface area contributed by atoms with Crippen LogP contribution < -0.4 is 10.6 Å². The molecule has 21 heavy (non-hydrogen) atoms. The van der Waals surface area contributed by atoms with Crippen LogP contribution >= 0.6 is 0 Å². The van der Waals surface area contributed by atoms with Crippen molar-refractivity contribution in [2.24, 2.45) is 5.92 Å². The zero-order valence-electron chi connectivity index (χ0n) is 11.3. The van der Waals surface area contributed by atoms with Crippen molar-refractivity contribution in [3.05, 3.63) is 48.2 Å². The lowest BCUT2D eigenvalue weighted by Crippen LogP contribution is -2.13. The zero-order valence-corrected chi connectivity index (χ0v) is 11.3. The zero-order chi connectivity index (χ0) is 14.7. The molecule has 1 aromatic heterocycles. The summed E-state index contributed by atoms with van der Waals surface area (Å²) in [5, 5.41) is 14.8. The van der Waals surface area contributed by atoms with Crippen molar-refractivity contribution in [2.45, 2.75) is 12.8 Å². The van der Waals surface area contributed by atoms with E-state index in [1.165, 1.54) is 0 Å². The summed E-state index contributed by atoms with van der Waals surface area (Å²) in [6.07, 6.45) is 1.98. The number of hydrogen-bond donors (Lipinski definition) is 2. The number of aromatic nitrogens is 1.